The molecule has 0 bridgehead atoms. The van der Waals surface area contributed by atoms with Crippen LogP contribution in [-0.2, 0) is 23.1 Å². The first-order chi connectivity index (χ1) is 7.24. The maximum absolute atomic E-state index is 11.2. The first-order valence-corrected chi connectivity index (χ1v) is 4.74. The highest BCUT2D eigenvalue weighted by atomic mass is 16.5. The molecule has 0 atom stereocenters. The van der Waals surface area contributed by atoms with Crippen molar-refractivity contribution >= 4 is 5.91 Å². The lowest BCUT2D eigenvalue weighted by Gasteiger charge is -2.05. The SMILES string of the molecule is Cn1ccnc1CNC(=O)COCCN. The van der Waals surface area contributed by atoms with E-state index in [0.29, 0.717) is 19.7 Å². The number of aryl methyl sites for hydroxylation is 1. The van der Waals surface area contributed by atoms with Crippen LogP contribution in [0.2, 0.25) is 0 Å². The molecule has 1 aromatic rings. The quantitative estimate of drug-likeness (QED) is 0.593. The van der Waals surface area contributed by atoms with E-state index in [9.17, 15) is 4.79 Å². The second-order valence-corrected chi connectivity index (χ2v) is 3.07. The lowest BCUT2D eigenvalue weighted by molar-refractivity contribution is -0.125. The van der Waals surface area contributed by atoms with Crippen LogP contribution in [0.15, 0.2) is 12.4 Å². The van der Waals surface area contributed by atoms with Crippen LogP contribution in [0.5, 0.6) is 0 Å². The lowest BCUT2D eigenvalue weighted by Crippen LogP contribution is -2.29. The van der Waals surface area contributed by atoms with E-state index in [1.807, 2.05) is 17.8 Å². The number of hydrogen-bond donors (Lipinski definition) is 2. The third kappa shape index (κ3) is 4.09. The topological polar surface area (TPSA) is 82.2 Å². The van der Waals surface area contributed by atoms with Gasteiger partial charge in [-0.3, -0.25) is 4.79 Å². The van der Waals surface area contributed by atoms with E-state index < -0.39 is 0 Å². The van der Waals surface area contributed by atoms with Crippen LogP contribution in [0.25, 0.3) is 0 Å². The van der Waals surface area contributed by atoms with E-state index in [1.54, 1.807) is 6.20 Å². The number of amides is 1. The van der Waals surface area contributed by atoms with E-state index in [-0.39, 0.29) is 12.5 Å². The molecule has 0 aromatic carbocycles. The van der Waals surface area contributed by atoms with Gasteiger partial charge in [-0.05, 0) is 0 Å². The molecule has 1 heterocycles. The molecule has 6 nitrogen and oxygen atoms in total. The molecule has 1 aromatic heterocycles. The Balaban J connectivity index is 2.20. The zero-order valence-corrected chi connectivity index (χ0v) is 8.77. The number of imidazole rings is 1. The monoisotopic (exact) mass is 212 g/mol. The number of ether oxygens (including phenoxy) is 1. The second kappa shape index (κ2) is 6.15. The number of nitrogens with zero attached hydrogens (tertiary/aromatic N) is 2. The van der Waals surface area contributed by atoms with Crippen molar-refractivity contribution in [2.75, 3.05) is 19.8 Å². The van der Waals surface area contributed by atoms with E-state index in [1.165, 1.54) is 0 Å². The molecule has 0 aliphatic rings. The molecule has 0 aliphatic heterocycles. The van der Waals surface area contributed by atoms with Crippen LogP contribution in [0.4, 0.5) is 0 Å². The largest absolute Gasteiger partial charge is 0.370 e. The van der Waals surface area contributed by atoms with Crippen molar-refractivity contribution in [2.45, 2.75) is 6.54 Å². The van der Waals surface area contributed by atoms with Gasteiger partial charge in [0.15, 0.2) is 0 Å². The Morgan fingerprint density at radius 1 is 1.73 bits per heavy atom. The van der Waals surface area contributed by atoms with Gasteiger partial charge in [-0.15, -0.1) is 0 Å². The number of aromatic nitrogens is 2. The van der Waals surface area contributed by atoms with Gasteiger partial charge in [0.2, 0.25) is 5.91 Å². The minimum atomic E-state index is -0.161. The summed E-state index contributed by atoms with van der Waals surface area (Å²) in [5.41, 5.74) is 5.22. The molecule has 84 valence electrons. The summed E-state index contributed by atoms with van der Waals surface area (Å²) in [4.78, 5) is 15.3. The molecule has 0 unspecified atom stereocenters. The molecule has 6 heteroatoms. The summed E-state index contributed by atoms with van der Waals surface area (Å²) in [5.74, 6) is 0.647. The fraction of sp³-hybridized carbons (Fsp3) is 0.556. The zero-order chi connectivity index (χ0) is 11.1. The molecule has 1 rings (SSSR count). The minimum absolute atomic E-state index is 0.0433. The Hall–Kier alpha value is -1.40. The third-order valence-corrected chi connectivity index (χ3v) is 1.86. The van der Waals surface area contributed by atoms with Gasteiger partial charge in [-0.2, -0.15) is 0 Å². The van der Waals surface area contributed by atoms with E-state index in [2.05, 4.69) is 10.3 Å². The van der Waals surface area contributed by atoms with Gasteiger partial charge in [0.1, 0.15) is 12.4 Å². The number of rotatable bonds is 6. The van der Waals surface area contributed by atoms with Crippen LogP contribution in [-0.4, -0.2) is 35.2 Å². The number of hydrogen-bond acceptors (Lipinski definition) is 4. The van der Waals surface area contributed by atoms with Gasteiger partial charge >= 0.3 is 0 Å². The van der Waals surface area contributed by atoms with E-state index in [4.69, 9.17) is 10.5 Å². The maximum Gasteiger partial charge on any atom is 0.246 e. The van der Waals surface area contributed by atoms with Gasteiger partial charge in [0, 0.05) is 26.0 Å². The second-order valence-electron chi connectivity index (χ2n) is 3.07. The average Bonchev–Trinajstić information content (AvgIpc) is 2.61. The highest BCUT2D eigenvalue weighted by Gasteiger charge is 2.03. The molecular formula is C9H16N4O2. The maximum atomic E-state index is 11.2. The fourth-order valence-electron chi connectivity index (χ4n) is 1.04. The van der Waals surface area contributed by atoms with Crippen LogP contribution in [0, 0.1) is 0 Å². The summed E-state index contributed by atoms with van der Waals surface area (Å²) in [6.45, 7) is 1.28. The van der Waals surface area contributed by atoms with Crippen molar-refractivity contribution in [1.29, 1.82) is 0 Å². The Morgan fingerprint density at radius 3 is 3.13 bits per heavy atom. The molecule has 3 N–H and O–H groups in total. The van der Waals surface area contributed by atoms with Crippen molar-refractivity contribution in [1.82, 2.24) is 14.9 Å². The summed E-state index contributed by atoms with van der Waals surface area (Å²) < 4.78 is 6.83. The standard InChI is InChI=1S/C9H16N4O2/c1-13-4-3-11-8(13)6-12-9(14)7-15-5-2-10/h3-4H,2,5-7,10H2,1H3,(H,12,14). The lowest BCUT2D eigenvalue weighted by atomic mass is 10.5. The van der Waals surface area contributed by atoms with Crippen LogP contribution < -0.4 is 11.1 Å². The number of nitrogens with one attached hydrogen (secondary N) is 1. The summed E-state index contributed by atoms with van der Waals surface area (Å²) in [5, 5.41) is 2.70. The first kappa shape index (κ1) is 11.7. The highest BCUT2D eigenvalue weighted by molar-refractivity contribution is 5.77. The normalized spacial score (nSPS) is 10.3. The Kier molecular flexibility index (Phi) is 4.79. The molecule has 15 heavy (non-hydrogen) atoms. The summed E-state index contributed by atoms with van der Waals surface area (Å²) in [6.07, 6.45) is 3.51. The van der Waals surface area contributed by atoms with Crippen LogP contribution >= 0.6 is 0 Å². The van der Waals surface area contributed by atoms with Gasteiger partial charge < -0.3 is 20.4 Å². The minimum Gasteiger partial charge on any atom is -0.370 e. The summed E-state index contributed by atoms with van der Waals surface area (Å²) >= 11 is 0. The van der Waals surface area contributed by atoms with Crippen molar-refractivity contribution in [3.8, 4) is 0 Å². The van der Waals surface area contributed by atoms with Crippen molar-refractivity contribution in [2.24, 2.45) is 12.8 Å². The number of nitrogens with two attached hydrogens (primary N) is 1. The van der Waals surface area contributed by atoms with Crippen molar-refractivity contribution < 1.29 is 9.53 Å². The fourth-order valence-corrected chi connectivity index (χ4v) is 1.04. The van der Waals surface area contributed by atoms with E-state index >= 15 is 0 Å². The number of carbonyl (C=O) groups excluding carboxylic acids is 1. The zero-order valence-electron chi connectivity index (χ0n) is 8.77. The smallest absolute Gasteiger partial charge is 0.246 e. The van der Waals surface area contributed by atoms with Gasteiger partial charge in [-0.25, -0.2) is 4.98 Å². The molecule has 1 amide bonds. The third-order valence-electron chi connectivity index (χ3n) is 1.86. The molecule has 0 saturated heterocycles. The summed E-state index contributed by atoms with van der Waals surface area (Å²) in [7, 11) is 1.87. The predicted molar refractivity (Wildman–Crippen MR) is 54.9 cm³/mol. The summed E-state index contributed by atoms with van der Waals surface area (Å²) in [6, 6.07) is 0. The predicted octanol–water partition coefficient (Wildman–Crippen LogP) is -0.988. The molecule has 0 spiro atoms. The van der Waals surface area contributed by atoms with Gasteiger partial charge in [-0.1, -0.05) is 0 Å². The van der Waals surface area contributed by atoms with Gasteiger partial charge in [0.05, 0.1) is 13.2 Å². The highest BCUT2D eigenvalue weighted by Crippen LogP contribution is 1.92. The average molecular weight is 212 g/mol. The van der Waals surface area contributed by atoms with Gasteiger partial charge in [0.25, 0.3) is 0 Å². The van der Waals surface area contributed by atoms with Crippen molar-refractivity contribution in [3.63, 3.8) is 0 Å². The molecule has 0 saturated carbocycles. The van der Waals surface area contributed by atoms with Crippen LogP contribution in [0.3, 0.4) is 0 Å². The molecule has 0 aliphatic carbocycles. The van der Waals surface area contributed by atoms with E-state index in [0.717, 1.165) is 5.82 Å². The molecular weight excluding hydrogens is 196 g/mol. The Morgan fingerprint density at radius 2 is 2.53 bits per heavy atom. The Bertz CT molecular complexity index is 311. The van der Waals surface area contributed by atoms with Crippen molar-refractivity contribution in [3.05, 3.63) is 18.2 Å². The Labute approximate surface area is 88.4 Å². The van der Waals surface area contributed by atoms with Crippen LogP contribution in [0.1, 0.15) is 5.82 Å². The first-order valence-electron chi connectivity index (χ1n) is 4.74. The number of carbonyl (C=O) groups is 1. The molecule has 0 radical (unpaired) electrons. The molecule has 0 fully saturated rings.